The Hall–Kier alpha value is -1.27. The lowest BCUT2D eigenvalue weighted by molar-refractivity contribution is 0.0109. The normalized spacial score (nSPS) is 17.2. The van der Waals surface area contributed by atoms with Crippen molar-refractivity contribution in [1.29, 1.82) is 0 Å². The molecule has 2 N–H and O–H groups in total. The Kier molecular flexibility index (Phi) is 6.00. The van der Waals surface area contributed by atoms with Gasteiger partial charge in [0.2, 0.25) is 0 Å². The Bertz CT molecular complexity index is 654. The van der Waals surface area contributed by atoms with Crippen LogP contribution >= 0.6 is 20.2 Å². The van der Waals surface area contributed by atoms with Crippen LogP contribution in [-0.4, -0.2) is 45.8 Å². The Morgan fingerprint density at radius 1 is 1.04 bits per heavy atom. The molecule has 128 valence electrons. The van der Waals surface area contributed by atoms with Crippen molar-refractivity contribution in [1.82, 2.24) is 9.88 Å². The molecule has 1 aromatic heterocycles. The molecular formula is C16H19ClN3O3P. The van der Waals surface area contributed by atoms with Crippen molar-refractivity contribution >= 4 is 26.0 Å². The zero-order valence-corrected chi connectivity index (χ0v) is 14.6. The van der Waals surface area contributed by atoms with Gasteiger partial charge in [-0.25, -0.2) is 4.98 Å². The third-order valence-corrected chi connectivity index (χ3v) is 4.72. The summed E-state index contributed by atoms with van der Waals surface area (Å²) in [4.78, 5) is 27.3. The molecular weight excluding hydrogens is 349 g/mol. The molecule has 24 heavy (non-hydrogen) atoms. The Morgan fingerprint density at radius 2 is 1.75 bits per heavy atom. The maximum Gasteiger partial charge on any atom is 0.328 e. The van der Waals surface area contributed by atoms with Gasteiger partial charge in [0.25, 0.3) is 0 Å². The first-order valence-corrected chi connectivity index (χ1v) is 9.18. The molecule has 2 aromatic rings. The van der Waals surface area contributed by atoms with Crippen molar-refractivity contribution < 1.29 is 14.3 Å². The fraction of sp³-hybridized carbons (Fsp3) is 0.312. The van der Waals surface area contributed by atoms with Gasteiger partial charge in [-0.1, -0.05) is 35.9 Å². The number of piperazine rings is 1. The highest BCUT2D eigenvalue weighted by Crippen LogP contribution is 2.39. The molecule has 0 amide bonds. The summed E-state index contributed by atoms with van der Waals surface area (Å²) >= 11 is 6.26. The van der Waals surface area contributed by atoms with Gasteiger partial charge in [-0.05, 0) is 18.2 Å². The van der Waals surface area contributed by atoms with Crippen molar-refractivity contribution in [3.8, 4) is 0 Å². The van der Waals surface area contributed by atoms with Gasteiger partial charge in [-0.3, -0.25) is 9.42 Å². The van der Waals surface area contributed by atoms with Crippen LogP contribution in [-0.2, 0) is 4.52 Å². The van der Waals surface area contributed by atoms with Crippen LogP contribution in [0.5, 0.6) is 0 Å². The molecule has 1 unspecified atom stereocenters. The molecule has 2 heterocycles. The predicted octanol–water partition coefficient (Wildman–Crippen LogP) is 2.78. The highest BCUT2D eigenvalue weighted by Gasteiger charge is 2.29. The molecule has 0 bridgehead atoms. The number of rotatable bonds is 5. The summed E-state index contributed by atoms with van der Waals surface area (Å²) in [5, 5.41) is 0.548. The summed E-state index contributed by atoms with van der Waals surface area (Å²) in [7, 11) is -2.48. The van der Waals surface area contributed by atoms with Gasteiger partial charge < -0.3 is 14.7 Å². The molecule has 1 aliphatic rings. The molecule has 1 aromatic carbocycles. The van der Waals surface area contributed by atoms with E-state index in [0.717, 1.165) is 24.5 Å². The van der Waals surface area contributed by atoms with Crippen molar-refractivity contribution in [3.05, 3.63) is 59.2 Å². The van der Waals surface area contributed by atoms with Crippen molar-refractivity contribution in [3.63, 3.8) is 0 Å². The number of anilines is 1. The average Bonchev–Trinajstić information content (AvgIpc) is 2.61. The predicted molar refractivity (Wildman–Crippen MR) is 94.7 cm³/mol. The minimum atomic E-state index is -2.48. The van der Waals surface area contributed by atoms with E-state index in [0.29, 0.717) is 18.1 Å². The van der Waals surface area contributed by atoms with Crippen LogP contribution in [0, 0.1) is 0 Å². The van der Waals surface area contributed by atoms with Crippen molar-refractivity contribution in [2.45, 2.75) is 6.23 Å². The fourth-order valence-electron chi connectivity index (χ4n) is 2.81. The van der Waals surface area contributed by atoms with Gasteiger partial charge in [0.05, 0.1) is 0 Å². The molecule has 1 aliphatic heterocycles. The van der Waals surface area contributed by atoms with Crippen LogP contribution in [0.1, 0.15) is 11.8 Å². The number of nitrogens with zero attached hydrogens (tertiary/aromatic N) is 3. The molecule has 0 aliphatic carbocycles. The number of pyridine rings is 1. The second-order valence-electron chi connectivity index (χ2n) is 5.44. The highest BCUT2D eigenvalue weighted by atomic mass is 35.5. The maximum atomic E-state index is 9.34. The number of benzene rings is 1. The lowest BCUT2D eigenvalue weighted by atomic mass is 10.1. The summed E-state index contributed by atoms with van der Waals surface area (Å²) in [6.07, 6.45) is 1.20. The SMILES string of the molecule is OP(O)OC(c1ccccc1Cl)N1CCN(c2ccccn2)CC1. The minimum Gasteiger partial charge on any atom is -0.354 e. The molecule has 6 nitrogen and oxygen atoms in total. The van der Waals surface area contributed by atoms with Gasteiger partial charge in [-0.2, -0.15) is 0 Å². The van der Waals surface area contributed by atoms with E-state index < -0.39 is 14.8 Å². The topological polar surface area (TPSA) is 69.1 Å². The Balaban J connectivity index is 1.72. The van der Waals surface area contributed by atoms with E-state index in [4.69, 9.17) is 16.1 Å². The van der Waals surface area contributed by atoms with E-state index in [9.17, 15) is 9.79 Å². The van der Waals surface area contributed by atoms with Gasteiger partial charge in [0, 0.05) is 43.0 Å². The quantitative estimate of drug-likeness (QED) is 0.792. The Morgan fingerprint density at radius 3 is 2.38 bits per heavy atom. The molecule has 1 fully saturated rings. The van der Waals surface area contributed by atoms with Crippen molar-refractivity contribution in [2.24, 2.45) is 0 Å². The van der Waals surface area contributed by atoms with E-state index in [1.54, 1.807) is 12.3 Å². The largest absolute Gasteiger partial charge is 0.354 e. The second kappa shape index (κ2) is 8.21. The molecule has 0 spiro atoms. The summed E-state index contributed by atoms with van der Waals surface area (Å²) in [6, 6.07) is 13.2. The molecule has 0 saturated carbocycles. The van der Waals surface area contributed by atoms with Crippen LogP contribution < -0.4 is 4.90 Å². The standard InChI is InChI=1S/C16H19ClN3O3P/c17-14-6-2-1-5-13(14)16(23-24(21)22)20-11-9-19(10-12-20)15-7-3-4-8-18-15/h1-8,16,21-22H,9-12H2. The monoisotopic (exact) mass is 367 g/mol. The van der Waals surface area contributed by atoms with Crippen molar-refractivity contribution in [2.75, 3.05) is 31.1 Å². The first-order valence-electron chi connectivity index (χ1n) is 7.64. The lowest BCUT2D eigenvalue weighted by Gasteiger charge is -2.39. The average molecular weight is 368 g/mol. The van der Waals surface area contributed by atoms with Crippen LogP contribution in [0.2, 0.25) is 5.02 Å². The van der Waals surface area contributed by atoms with Gasteiger partial charge >= 0.3 is 8.60 Å². The summed E-state index contributed by atoms with van der Waals surface area (Å²) in [5.74, 6) is 0.943. The number of aromatic nitrogens is 1. The number of hydrogen-bond donors (Lipinski definition) is 2. The number of halogens is 1. The maximum absolute atomic E-state index is 9.34. The van der Waals surface area contributed by atoms with Crippen LogP contribution in [0.25, 0.3) is 0 Å². The van der Waals surface area contributed by atoms with Gasteiger partial charge in [-0.15, -0.1) is 0 Å². The van der Waals surface area contributed by atoms with Crippen LogP contribution in [0.4, 0.5) is 5.82 Å². The molecule has 0 radical (unpaired) electrons. The van der Waals surface area contributed by atoms with Gasteiger partial charge in [0.1, 0.15) is 12.0 Å². The van der Waals surface area contributed by atoms with Crippen LogP contribution in [0.15, 0.2) is 48.7 Å². The Labute approximate surface area is 147 Å². The highest BCUT2D eigenvalue weighted by molar-refractivity contribution is 7.39. The summed E-state index contributed by atoms with van der Waals surface area (Å²) in [6.45, 7) is 2.96. The van der Waals surface area contributed by atoms with E-state index in [2.05, 4.69) is 14.8 Å². The first kappa shape index (κ1) is 17.5. The third kappa shape index (κ3) is 4.22. The van der Waals surface area contributed by atoms with Gasteiger partial charge in [0.15, 0.2) is 0 Å². The summed E-state index contributed by atoms with van der Waals surface area (Å²) in [5.41, 5.74) is 0.737. The van der Waals surface area contributed by atoms with E-state index >= 15 is 0 Å². The minimum absolute atomic E-state index is 0.548. The summed E-state index contributed by atoms with van der Waals surface area (Å²) < 4.78 is 5.38. The van der Waals surface area contributed by atoms with E-state index in [1.165, 1.54) is 0 Å². The fourth-order valence-corrected chi connectivity index (χ4v) is 3.47. The number of hydrogen-bond acceptors (Lipinski definition) is 6. The zero-order valence-electron chi connectivity index (χ0n) is 13.0. The third-order valence-electron chi connectivity index (χ3n) is 3.98. The first-order chi connectivity index (χ1) is 11.6. The zero-order chi connectivity index (χ0) is 16.9. The van der Waals surface area contributed by atoms with E-state index in [1.807, 2.05) is 36.4 Å². The second-order valence-corrected chi connectivity index (χ2v) is 6.57. The molecule has 1 saturated heterocycles. The molecule has 1 atom stereocenters. The van der Waals surface area contributed by atoms with E-state index in [-0.39, 0.29) is 0 Å². The molecule has 3 rings (SSSR count). The smallest absolute Gasteiger partial charge is 0.328 e. The van der Waals surface area contributed by atoms with Crippen LogP contribution in [0.3, 0.4) is 0 Å². The molecule has 8 heteroatoms. The lowest BCUT2D eigenvalue weighted by Crippen LogP contribution is -2.48.